The Labute approximate surface area is 205 Å². The Morgan fingerprint density at radius 3 is 2.71 bits per heavy atom. The van der Waals surface area contributed by atoms with Crippen molar-refractivity contribution in [3.63, 3.8) is 0 Å². The number of amides is 1. The fraction of sp³-hybridized carbons (Fsp3) is 0.333. The van der Waals surface area contributed by atoms with Crippen LogP contribution in [0, 0.1) is 11.6 Å². The summed E-state index contributed by atoms with van der Waals surface area (Å²) in [6.45, 7) is 9.98. The first-order chi connectivity index (χ1) is 16.9. The van der Waals surface area contributed by atoms with Gasteiger partial charge in [-0.3, -0.25) is 14.7 Å². The molecule has 1 aliphatic rings. The zero-order valence-electron chi connectivity index (χ0n) is 19.9. The molecule has 0 spiro atoms. The molecular weight excluding hydrogens is 452 g/mol. The first-order valence-corrected chi connectivity index (χ1v) is 11.5. The van der Waals surface area contributed by atoms with E-state index in [1.807, 2.05) is 0 Å². The molecule has 6 nitrogen and oxygen atoms in total. The largest absolute Gasteiger partial charge is 0.492 e. The number of ether oxygens (including phenoxy) is 2. The Bertz CT molecular complexity index is 1080. The van der Waals surface area contributed by atoms with E-state index in [2.05, 4.69) is 21.9 Å². The Balaban J connectivity index is 1.53. The summed E-state index contributed by atoms with van der Waals surface area (Å²) in [6.07, 6.45) is 3.48. The highest BCUT2D eigenvalue weighted by molar-refractivity contribution is 5.78. The van der Waals surface area contributed by atoms with Gasteiger partial charge < -0.3 is 14.8 Å². The van der Waals surface area contributed by atoms with Crippen LogP contribution >= 0.6 is 0 Å². The van der Waals surface area contributed by atoms with Gasteiger partial charge in [0.25, 0.3) is 0 Å². The minimum absolute atomic E-state index is 0.147. The number of hydrogen-bond donors (Lipinski definition) is 1. The molecule has 2 aromatic rings. The number of carbonyl (C=O) groups excluding carboxylic acids is 1. The second-order valence-corrected chi connectivity index (χ2v) is 8.25. The van der Waals surface area contributed by atoms with Gasteiger partial charge in [-0.2, -0.15) is 0 Å². The number of hydrogen-bond acceptors (Lipinski definition) is 5. The molecule has 1 saturated heterocycles. The lowest BCUT2D eigenvalue weighted by Crippen LogP contribution is -2.38. The number of nitrogens with one attached hydrogen (secondary N) is 1. The van der Waals surface area contributed by atoms with Gasteiger partial charge in [-0.25, -0.2) is 8.78 Å². The van der Waals surface area contributed by atoms with Gasteiger partial charge in [-0.15, -0.1) is 0 Å². The van der Waals surface area contributed by atoms with Crippen LogP contribution in [0.1, 0.15) is 24.5 Å². The number of aliphatic imine (C=N–C) groups is 1. The lowest BCUT2D eigenvalue weighted by Gasteiger charge is -2.26. The average molecular weight is 484 g/mol. The normalized spacial score (nSPS) is 15.1. The number of benzene rings is 2. The summed E-state index contributed by atoms with van der Waals surface area (Å²) in [5.74, 6) is -0.562. The van der Waals surface area contributed by atoms with Crippen LogP contribution < -0.4 is 10.1 Å². The van der Waals surface area contributed by atoms with Gasteiger partial charge in [0, 0.05) is 44.2 Å². The Morgan fingerprint density at radius 1 is 1.20 bits per heavy atom. The molecule has 0 aromatic heterocycles. The summed E-state index contributed by atoms with van der Waals surface area (Å²) in [6, 6.07) is 10.7. The maximum atomic E-state index is 14.7. The zero-order valence-corrected chi connectivity index (χ0v) is 19.9. The molecule has 186 valence electrons. The topological polar surface area (TPSA) is 63.2 Å². The Hall–Kier alpha value is -3.36. The molecule has 0 atom stereocenters. The van der Waals surface area contributed by atoms with Crippen LogP contribution in [0.15, 0.2) is 65.2 Å². The first kappa shape index (κ1) is 26.2. The number of morpholine rings is 1. The summed E-state index contributed by atoms with van der Waals surface area (Å²) in [7, 11) is 0. The van der Waals surface area contributed by atoms with Gasteiger partial charge >= 0.3 is 0 Å². The van der Waals surface area contributed by atoms with Crippen LogP contribution in [0.4, 0.5) is 8.78 Å². The average Bonchev–Trinajstić information content (AvgIpc) is 2.85. The highest BCUT2D eigenvalue weighted by atomic mass is 19.1. The van der Waals surface area contributed by atoms with Crippen molar-refractivity contribution in [2.75, 3.05) is 39.5 Å². The Morgan fingerprint density at radius 2 is 2.00 bits per heavy atom. The van der Waals surface area contributed by atoms with E-state index in [1.165, 1.54) is 18.2 Å². The van der Waals surface area contributed by atoms with E-state index >= 15 is 0 Å². The third-order valence-electron chi connectivity index (χ3n) is 5.51. The molecule has 1 heterocycles. The fourth-order valence-corrected chi connectivity index (χ4v) is 3.58. The summed E-state index contributed by atoms with van der Waals surface area (Å²) < 4.78 is 39.0. The van der Waals surface area contributed by atoms with E-state index in [0.29, 0.717) is 29.2 Å². The van der Waals surface area contributed by atoms with Gasteiger partial charge in [0.1, 0.15) is 24.0 Å². The standard InChI is InChI=1S/C27H31F2N3O3/c1-20(16-27(33)31-19-21-4-3-5-22(28)17-21)6-9-26(30-2)24-8-7-23(18-25(24)29)35-15-12-32-10-13-34-14-11-32/h3-9,17-18H,2,10-16,19H2,1H3,(H,31,33)/b20-6+,26-9-. The van der Waals surface area contributed by atoms with Crippen molar-refractivity contribution >= 4 is 18.3 Å². The van der Waals surface area contributed by atoms with Gasteiger partial charge in [-0.05, 0) is 49.5 Å². The first-order valence-electron chi connectivity index (χ1n) is 11.5. The number of carbonyl (C=O) groups is 1. The minimum atomic E-state index is -0.466. The van der Waals surface area contributed by atoms with Crippen molar-refractivity contribution in [2.45, 2.75) is 19.9 Å². The molecule has 3 rings (SSSR count). The predicted molar refractivity (Wildman–Crippen MR) is 133 cm³/mol. The van der Waals surface area contributed by atoms with Crippen molar-refractivity contribution in [2.24, 2.45) is 4.99 Å². The molecule has 0 radical (unpaired) electrons. The molecule has 0 saturated carbocycles. The molecule has 1 fully saturated rings. The van der Waals surface area contributed by atoms with Crippen LogP contribution in [0.25, 0.3) is 5.70 Å². The highest BCUT2D eigenvalue weighted by Crippen LogP contribution is 2.24. The minimum Gasteiger partial charge on any atom is -0.492 e. The van der Waals surface area contributed by atoms with Crippen molar-refractivity contribution in [1.82, 2.24) is 10.2 Å². The monoisotopic (exact) mass is 483 g/mol. The van der Waals surface area contributed by atoms with E-state index in [4.69, 9.17) is 9.47 Å². The third-order valence-corrected chi connectivity index (χ3v) is 5.51. The van der Waals surface area contributed by atoms with Crippen molar-refractivity contribution < 1.29 is 23.0 Å². The van der Waals surface area contributed by atoms with Crippen LogP contribution in [-0.4, -0.2) is 57.0 Å². The lowest BCUT2D eigenvalue weighted by molar-refractivity contribution is -0.120. The molecule has 1 N–H and O–H groups in total. The molecule has 1 amide bonds. The maximum Gasteiger partial charge on any atom is 0.224 e. The van der Waals surface area contributed by atoms with Crippen molar-refractivity contribution in [3.8, 4) is 5.75 Å². The predicted octanol–water partition coefficient (Wildman–Crippen LogP) is 4.37. The molecule has 2 aromatic carbocycles. The molecular formula is C27H31F2N3O3. The molecule has 0 unspecified atom stereocenters. The third kappa shape index (κ3) is 8.73. The maximum absolute atomic E-state index is 14.7. The fourth-order valence-electron chi connectivity index (χ4n) is 3.58. The van der Waals surface area contributed by atoms with E-state index < -0.39 is 5.82 Å². The van der Waals surface area contributed by atoms with Crippen molar-refractivity contribution in [1.29, 1.82) is 0 Å². The molecule has 35 heavy (non-hydrogen) atoms. The van der Waals surface area contributed by atoms with Crippen LogP contribution in [0.2, 0.25) is 0 Å². The molecule has 1 aliphatic heterocycles. The quantitative estimate of drug-likeness (QED) is 0.381. The van der Waals surface area contributed by atoms with Crippen LogP contribution in [-0.2, 0) is 16.1 Å². The summed E-state index contributed by atoms with van der Waals surface area (Å²) in [5.41, 5.74) is 2.08. The van der Waals surface area contributed by atoms with Crippen molar-refractivity contribution in [3.05, 3.63) is 83.0 Å². The van der Waals surface area contributed by atoms with E-state index in [9.17, 15) is 13.6 Å². The summed E-state index contributed by atoms with van der Waals surface area (Å²) in [4.78, 5) is 18.4. The number of rotatable bonds is 11. The zero-order chi connectivity index (χ0) is 25.0. The summed E-state index contributed by atoms with van der Waals surface area (Å²) >= 11 is 0. The molecule has 0 aliphatic carbocycles. The second-order valence-electron chi connectivity index (χ2n) is 8.25. The smallest absolute Gasteiger partial charge is 0.224 e. The van der Waals surface area contributed by atoms with Gasteiger partial charge in [0.15, 0.2) is 0 Å². The SMILES string of the molecule is C=N/C(=C\C=C(/C)CC(=O)NCc1cccc(F)c1)c1ccc(OCCN2CCOCC2)cc1F. The lowest BCUT2D eigenvalue weighted by atomic mass is 10.1. The van der Waals surface area contributed by atoms with Crippen LogP contribution in [0.3, 0.4) is 0 Å². The van der Waals surface area contributed by atoms with E-state index in [1.54, 1.807) is 43.3 Å². The molecule has 8 heteroatoms. The van der Waals surface area contributed by atoms with Gasteiger partial charge in [0.2, 0.25) is 5.91 Å². The van der Waals surface area contributed by atoms with E-state index in [-0.39, 0.29) is 24.7 Å². The number of halogens is 2. The molecule has 0 bridgehead atoms. The number of allylic oxidation sites excluding steroid dienone is 2. The van der Waals surface area contributed by atoms with Gasteiger partial charge in [0.05, 0.1) is 18.9 Å². The van der Waals surface area contributed by atoms with E-state index in [0.717, 1.165) is 38.4 Å². The van der Waals surface area contributed by atoms with Crippen LogP contribution in [0.5, 0.6) is 5.75 Å². The summed E-state index contributed by atoms with van der Waals surface area (Å²) in [5, 5.41) is 2.76. The highest BCUT2D eigenvalue weighted by Gasteiger charge is 2.11. The Kier molecular flexibility index (Phi) is 10.1. The second kappa shape index (κ2) is 13.5. The van der Waals surface area contributed by atoms with Gasteiger partial charge in [-0.1, -0.05) is 23.8 Å². The number of nitrogens with zero attached hydrogens (tertiary/aromatic N) is 2.